The van der Waals surface area contributed by atoms with Gasteiger partial charge in [-0.2, -0.15) is 0 Å². The summed E-state index contributed by atoms with van der Waals surface area (Å²) in [5.41, 5.74) is 27.5. The predicted molar refractivity (Wildman–Crippen MR) is 272 cm³/mol. The van der Waals surface area contributed by atoms with Gasteiger partial charge in [0.05, 0.1) is 5.41 Å². The third-order valence-corrected chi connectivity index (χ3v) is 14.7. The first-order valence-corrected chi connectivity index (χ1v) is 22.8. The lowest BCUT2D eigenvalue weighted by Gasteiger charge is -2.44. The fraction of sp³-hybridized carbons (Fsp3) is 0.0323. The summed E-state index contributed by atoms with van der Waals surface area (Å²) < 4.78 is 0. The summed E-state index contributed by atoms with van der Waals surface area (Å²) in [5, 5.41) is 0. The molecule has 2 nitrogen and oxygen atoms in total. The van der Waals surface area contributed by atoms with Crippen LogP contribution < -0.4 is 26.2 Å². The summed E-state index contributed by atoms with van der Waals surface area (Å²) in [4.78, 5) is 5.10. The lowest BCUT2D eigenvalue weighted by atomic mass is 9.33. The number of hydrogen-bond donors (Lipinski definition) is 0. The Morgan fingerprint density at radius 1 is 0.323 bits per heavy atom. The molecule has 0 amide bonds. The van der Waals surface area contributed by atoms with Crippen LogP contribution in [-0.4, -0.2) is 6.71 Å². The number of benzene rings is 10. The van der Waals surface area contributed by atoms with Crippen LogP contribution in [0.5, 0.6) is 0 Å². The van der Waals surface area contributed by atoms with E-state index in [9.17, 15) is 0 Å². The van der Waals surface area contributed by atoms with E-state index >= 15 is 0 Å². The maximum absolute atomic E-state index is 2.56. The summed E-state index contributed by atoms with van der Waals surface area (Å²) in [6.45, 7) is 2.29. The van der Waals surface area contributed by atoms with E-state index in [0.29, 0.717) is 0 Å². The van der Waals surface area contributed by atoms with Crippen LogP contribution in [0.4, 0.5) is 34.1 Å². The molecule has 0 radical (unpaired) electrons. The van der Waals surface area contributed by atoms with Gasteiger partial charge < -0.3 is 9.80 Å². The van der Waals surface area contributed by atoms with Crippen LogP contribution in [0.25, 0.3) is 44.5 Å². The molecule has 2 aliphatic heterocycles. The van der Waals surface area contributed by atoms with Gasteiger partial charge in [0, 0.05) is 34.1 Å². The molecule has 2 aliphatic carbocycles. The van der Waals surface area contributed by atoms with Crippen molar-refractivity contribution < 1.29 is 0 Å². The van der Waals surface area contributed by atoms with Gasteiger partial charge in [-0.15, -0.1) is 0 Å². The van der Waals surface area contributed by atoms with Gasteiger partial charge in [-0.25, -0.2) is 0 Å². The summed E-state index contributed by atoms with van der Waals surface area (Å²) in [7, 11) is 0. The summed E-state index contributed by atoms with van der Waals surface area (Å²) in [6.07, 6.45) is 0. The van der Waals surface area contributed by atoms with Gasteiger partial charge in [-0.1, -0.05) is 182 Å². The monoisotopic (exact) mass is 824 g/mol. The summed E-state index contributed by atoms with van der Waals surface area (Å²) in [5.74, 6) is 0. The van der Waals surface area contributed by atoms with Crippen LogP contribution in [0.1, 0.15) is 27.8 Å². The first kappa shape index (κ1) is 36.4. The smallest absolute Gasteiger partial charge is 0.252 e. The van der Waals surface area contributed by atoms with Crippen LogP contribution in [-0.2, 0) is 5.41 Å². The highest BCUT2D eigenvalue weighted by Gasteiger charge is 2.52. The molecule has 0 bridgehead atoms. The van der Waals surface area contributed by atoms with Gasteiger partial charge in [-0.3, -0.25) is 0 Å². The molecule has 3 heteroatoms. The van der Waals surface area contributed by atoms with Crippen molar-refractivity contribution in [3.63, 3.8) is 0 Å². The normalized spacial score (nSPS) is 14.0. The van der Waals surface area contributed by atoms with E-state index in [4.69, 9.17) is 0 Å². The highest BCUT2D eigenvalue weighted by Crippen LogP contribution is 2.63. The number of hydrogen-bond acceptors (Lipinski definition) is 2. The second kappa shape index (κ2) is 13.7. The molecule has 65 heavy (non-hydrogen) atoms. The zero-order chi connectivity index (χ0) is 42.8. The average Bonchev–Trinajstić information content (AvgIpc) is 3.83. The number of fused-ring (bicyclic) bond motifs is 14. The van der Waals surface area contributed by atoms with E-state index in [1.165, 1.54) is 111 Å². The van der Waals surface area contributed by atoms with Crippen molar-refractivity contribution in [1.82, 2.24) is 0 Å². The molecule has 0 atom stereocenters. The van der Waals surface area contributed by atoms with Gasteiger partial charge >= 0.3 is 0 Å². The summed E-state index contributed by atoms with van der Waals surface area (Å²) in [6, 6.07) is 86.4. The molecule has 0 saturated heterocycles. The molecular weight excluding hydrogens is 784 g/mol. The Bertz CT molecular complexity index is 3550. The Morgan fingerprint density at radius 3 is 1.48 bits per heavy atom. The Kier molecular flexibility index (Phi) is 7.65. The van der Waals surface area contributed by atoms with Crippen molar-refractivity contribution in [2.75, 3.05) is 9.80 Å². The van der Waals surface area contributed by atoms with Gasteiger partial charge in [0.15, 0.2) is 0 Å². The van der Waals surface area contributed by atoms with Gasteiger partial charge in [0.1, 0.15) is 0 Å². The van der Waals surface area contributed by atoms with E-state index in [2.05, 4.69) is 247 Å². The maximum atomic E-state index is 2.56. The van der Waals surface area contributed by atoms with E-state index in [1.54, 1.807) is 0 Å². The Labute approximate surface area is 380 Å². The average molecular weight is 825 g/mol. The van der Waals surface area contributed by atoms with Gasteiger partial charge in [-0.05, 0) is 144 Å². The van der Waals surface area contributed by atoms with Crippen molar-refractivity contribution in [2.24, 2.45) is 0 Å². The number of aryl methyl sites for hydroxylation is 1. The minimum Gasteiger partial charge on any atom is -0.311 e. The molecule has 10 aromatic carbocycles. The minimum absolute atomic E-state index is 0.0337. The topological polar surface area (TPSA) is 6.48 Å². The number of para-hydroxylation sites is 1. The van der Waals surface area contributed by atoms with Crippen LogP contribution in [0.15, 0.2) is 231 Å². The number of nitrogens with zero attached hydrogens (tertiary/aromatic N) is 2. The number of anilines is 6. The van der Waals surface area contributed by atoms with Crippen molar-refractivity contribution >= 4 is 57.2 Å². The first-order chi connectivity index (χ1) is 32.2. The first-order valence-electron chi connectivity index (χ1n) is 22.8. The quantitative estimate of drug-likeness (QED) is 0.163. The van der Waals surface area contributed by atoms with Crippen molar-refractivity contribution in [3.05, 3.63) is 258 Å². The molecule has 1 spiro atoms. The highest BCUT2D eigenvalue weighted by atomic mass is 15.2. The third-order valence-electron chi connectivity index (χ3n) is 14.7. The zero-order valence-electron chi connectivity index (χ0n) is 35.9. The van der Waals surface area contributed by atoms with Crippen molar-refractivity contribution in [3.8, 4) is 44.5 Å². The molecule has 2 heterocycles. The SMILES string of the molecule is Cc1cc2c3c(c1)N(c1cccc(-c4ccccc4)c1)c1cc(-c4ccccc4)ccc1B3c1ccccc1N2c1ccc2c(c1)-c1ccccc1C21c2ccccc2-c2ccccc21. The van der Waals surface area contributed by atoms with Crippen LogP contribution in [0.3, 0.4) is 0 Å². The molecule has 10 aromatic rings. The van der Waals surface area contributed by atoms with Crippen LogP contribution in [0.2, 0.25) is 0 Å². The fourth-order valence-electron chi connectivity index (χ4n) is 12.1. The van der Waals surface area contributed by atoms with Gasteiger partial charge in [0.25, 0.3) is 6.71 Å². The lowest BCUT2D eigenvalue weighted by Crippen LogP contribution is -2.61. The largest absolute Gasteiger partial charge is 0.311 e. The predicted octanol–water partition coefficient (Wildman–Crippen LogP) is 13.8. The van der Waals surface area contributed by atoms with E-state index in [0.717, 1.165) is 11.4 Å². The standard InChI is InChI=1S/C62H41BN2/c1-40-35-59-61-60(36-40)65(45-22-16-21-43(37-45)41-17-4-2-5-18-41)58-38-44(42-19-6-3-7-20-42)31-34-56(58)63(61)55-29-14-15-30-57(55)64(59)46-32-33-54-50(39-46)49-25-10-13-28-53(49)62(54)51-26-11-8-23-47(51)48-24-9-12-27-52(48)62/h2-39H,1H3. The minimum atomic E-state index is -0.387. The van der Waals surface area contributed by atoms with E-state index in [1.807, 2.05) is 0 Å². The molecule has 0 N–H and O–H groups in total. The number of rotatable bonds is 4. The molecule has 14 rings (SSSR count). The second-order valence-electron chi connectivity index (χ2n) is 18.1. The molecule has 302 valence electrons. The van der Waals surface area contributed by atoms with Gasteiger partial charge in [0.2, 0.25) is 0 Å². The van der Waals surface area contributed by atoms with E-state index in [-0.39, 0.29) is 12.1 Å². The highest BCUT2D eigenvalue weighted by molar-refractivity contribution is 7.00. The molecule has 0 aromatic heterocycles. The molecule has 0 saturated carbocycles. The molecule has 0 fully saturated rings. The fourth-order valence-corrected chi connectivity index (χ4v) is 12.1. The zero-order valence-corrected chi connectivity index (χ0v) is 35.9. The molecule has 0 unspecified atom stereocenters. The lowest BCUT2D eigenvalue weighted by molar-refractivity contribution is 0.794. The van der Waals surface area contributed by atoms with Crippen LogP contribution in [0, 0.1) is 6.92 Å². The second-order valence-corrected chi connectivity index (χ2v) is 18.1. The maximum Gasteiger partial charge on any atom is 0.252 e. The van der Waals surface area contributed by atoms with Crippen molar-refractivity contribution in [2.45, 2.75) is 12.3 Å². The van der Waals surface area contributed by atoms with E-state index < -0.39 is 0 Å². The Balaban J connectivity index is 1.01. The van der Waals surface area contributed by atoms with Crippen LogP contribution >= 0.6 is 0 Å². The Hall–Kier alpha value is -8.14. The van der Waals surface area contributed by atoms with Crippen molar-refractivity contribution in [1.29, 1.82) is 0 Å². The summed E-state index contributed by atoms with van der Waals surface area (Å²) >= 11 is 0. The Morgan fingerprint density at radius 2 is 0.815 bits per heavy atom. The third kappa shape index (κ3) is 5.01. The molecule has 4 aliphatic rings. The molecular formula is C62H41BN2.